The van der Waals surface area contributed by atoms with Gasteiger partial charge in [-0.25, -0.2) is 0 Å². The van der Waals surface area contributed by atoms with E-state index >= 15 is 0 Å². The maximum Gasteiger partial charge on any atom is 0.120 e. The molecular weight excluding hydrogens is 376 g/mol. The van der Waals surface area contributed by atoms with E-state index in [1.807, 2.05) is 24.3 Å². The van der Waals surface area contributed by atoms with E-state index in [9.17, 15) is 0 Å². The zero-order chi connectivity index (χ0) is 20.4. The van der Waals surface area contributed by atoms with Gasteiger partial charge in [-0.15, -0.1) is 0 Å². The lowest BCUT2D eigenvalue weighted by Crippen LogP contribution is -2.14. The molecule has 0 saturated heterocycles. The van der Waals surface area contributed by atoms with E-state index in [1.165, 1.54) is 10.8 Å². The summed E-state index contributed by atoms with van der Waals surface area (Å²) in [5, 5.41) is 10.9. The van der Waals surface area contributed by atoms with Crippen LogP contribution in [0.2, 0.25) is 0 Å². The predicted molar refractivity (Wildman–Crippen MR) is 111 cm³/mol. The number of hydrogen-bond acceptors (Lipinski definition) is 7. The lowest BCUT2D eigenvalue weighted by Gasteiger charge is -2.09. The van der Waals surface area contributed by atoms with Gasteiger partial charge in [0.1, 0.15) is 12.4 Å². The smallest absolute Gasteiger partial charge is 0.120 e. The molecule has 2 aromatic carbocycles. The molecule has 0 radical (unpaired) electrons. The predicted octanol–water partition coefficient (Wildman–Crippen LogP) is 2.29. The first-order chi connectivity index (χ1) is 14.4. The fourth-order valence-corrected chi connectivity index (χ4v) is 2.52. The van der Waals surface area contributed by atoms with Crippen LogP contribution >= 0.6 is 0 Å². The molecular formula is C22H32O7. The second-order valence-corrected chi connectivity index (χ2v) is 6.14. The topological polar surface area (TPSA) is 75.6 Å². The standard InChI is InChI=1S/C22H32O7/c23-7-8-24-9-10-25-11-12-26-13-14-27-15-16-28-17-18-29-22-6-5-20-3-1-2-4-21(20)19-22/h1-6,19,23H,7-18H2. The van der Waals surface area contributed by atoms with Gasteiger partial charge in [0.15, 0.2) is 0 Å². The average Bonchev–Trinajstić information content (AvgIpc) is 2.76. The van der Waals surface area contributed by atoms with Crippen molar-refractivity contribution in [3.8, 4) is 5.75 Å². The maximum absolute atomic E-state index is 8.54. The maximum atomic E-state index is 8.54. The van der Waals surface area contributed by atoms with E-state index < -0.39 is 0 Å². The van der Waals surface area contributed by atoms with E-state index in [-0.39, 0.29) is 6.61 Å². The molecule has 0 bridgehead atoms. The van der Waals surface area contributed by atoms with Crippen LogP contribution in [0.3, 0.4) is 0 Å². The summed E-state index contributed by atoms with van der Waals surface area (Å²) < 4.78 is 32.4. The van der Waals surface area contributed by atoms with E-state index in [0.29, 0.717) is 72.7 Å². The van der Waals surface area contributed by atoms with E-state index in [1.54, 1.807) is 0 Å². The molecule has 0 spiro atoms. The van der Waals surface area contributed by atoms with Gasteiger partial charge in [-0.1, -0.05) is 30.3 Å². The zero-order valence-corrected chi connectivity index (χ0v) is 16.9. The van der Waals surface area contributed by atoms with Crippen LogP contribution in [-0.2, 0) is 23.7 Å². The minimum Gasteiger partial charge on any atom is -0.491 e. The Morgan fingerprint density at radius 3 is 1.55 bits per heavy atom. The van der Waals surface area contributed by atoms with Crippen molar-refractivity contribution in [2.45, 2.75) is 0 Å². The Kier molecular flexibility index (Phi) is 13.1. The highest BCUT2D eigenvalue weighted by Gasteiger charge is 1.98. The quantitative estimate of drug-likeness (QED) is 0.379. The fourth-order valence-electron chi connectivity index (χ4n) is 2.52. The van der Waals surface area contributed by atoms with Crippen molar-refractivity contribution in [3.63, 3.8) is 0 Å². The second kappa shape index (κ2) is 16.1. The highest BCUT2D eigenvalue weighted by Crippen LogP contribution is 2.20. The monoisotopic (exact) mass is 408 g/mol. The molecule has 2 rings (SSSR count). The van der Waals surface area contributed by atoms with Crippen molar-refractivity contribution in [1.29, 1.82) is 0 Å². The molecule has 0 atom stereocenters. The first-order valence-corrected chi connectivity index (χ1v) is 10.0. The molecule has 0 aliphatic rings. The van der Waals surface area contributed by atoms with Crippen LogP contribution in [0.1, 0.15) is 0 Å². The average molecular weight is 408 g/mol. The van der Waals surface area contributed by atoms with Crippen molar-refractivity contribution in [3.05, 3.63) is 42.5 Å². The summed E-state index contributed by atoms with van der Waals surface area (Å²) in [6, 6.07) is 14.3. The van der Waals surface area contributed by atoms with Gasteiger partial charge in [-0.05, 0) is 22.9 Å². The van der Waals surface area contributed by atoms with E-state index in [0.717, 1.165) is 5.75 Å². The second-order valence-electron chi connectivity index (χ2n) is 6.14. The lowest BCUT2D eigenvalue weighted by atomic mass is 10.1. The molecule has 0 aliphatic heterocycles. The molecule has 0 heterocycles. The van der Waals surface area contributed by atoms with Crippen LogP contribution in [0.25, 0.3) is 10.8 Å². The van der Waals surface area contributed by atoms with Crippen molar-refractivity contribution in [2.75, 3.05) is 79.3 Å². The van der Waals surface area contributed by atoms with Crippen LogP contribution in [0.5, 0.6) is 5.75 Å². The molecule has 2 aromatic rings. The lowest BCUT2D eigenvalue weighted by molar-refractivity contribution is -0.0146. The molecule has 1 N–H and O–H groups in total. The van der Waals surface area contributed by atoms with Gasteiger partial charge in [0, 0.05) is 0 Å². The van der Waals surface area contributed by atoms with Crippen molar-refractivity contribution in [1.82, 2.24) is 0 Å². The molecule has 0 aliphatic carbocycles. The van der Waals surface area contributed by atoms with Gasteiger partial charge in [0.05, 0.1) is 72.7 Å². The minimum absolute atomic E-state index is 0.0350. The number of fused-ring (bicyclic) bond motifs is 1. The first-order valence-electron chi connectivity index (χ1n) is 10.0. The number of aliphatic hydroxyl groups is 1. The first kappa shape index (κ1) is 23.5. The Hall–Kier alpha value is -1.74. The van der Waals surface area contributed by atoms with Crippen molar-refractivity contribution >= 4 is 10.8 Å². The molecule has 7 heteroatoms. The van der Waals surface area contributed by atoms with Gasteiger partial charge < -0.3 is 33.5 Å². The molecule has 0 fully saturated rings. The summed E-state index contributed by atoms with van der Waals surface area (Å²) in [6.07, 6.45) is 0. The largest absolute Gasteiger partial charge is 0.491 e. The van der Waals surface area contributed by atoms with Gasteiger partial charge in [0.25, 0.3) is 0 Å². The number of ether oxygens (including phenoxy) is 6. The molecule has 29 heavy (non-hydrogen) atoms. The van der Waals surface area contributed by atoms with Crippen LogP contribution in [0.4, 0.5) is 0 Å². The Balaban J connectivity index is 1.33. The summed E-state index contributed by atoms with van der Waals surface area (Å²) in [7, 11) is 0. The molecule has 0 amide bonds. The molecule has 7 nitrogen and oxygen atoms in total. The van der Waals surface area contributed by atoms with Crippen LogP contribution in [-0.4, -0.2) is 84.4 Å². The fraction of sp³-hybridized carbons (Fsp3) is 0.545. The molecule has 162 valence electrons. The van der Waals surface area contributed by atoms with Crippen molar-refractivity contribution < 1.29 is 33.5 Å². The SMILES string of the molecule is OCCOCCOCCOCCOCCOCCOc1ccc2ccccc2c1. The third kappa shape index (κ3) is 11.1. The number of hydrogen-bond donors (Lipinski definition) is 1. The van der Waals surface area contributed by atoms with Gasteiger partial charge in [-0.2, -0.15) is 0 Å². The van der Waals surface area contributed by atoms with E-state index in [2.05, 4.69) is 18.2 Å². The Morgan fingerprint density at radius 1 is 0.517 bits per heavy atom. The summed E-state index contributed by atoms with van der Waals surface area (Å²) in [6.45, 7) is 5.53. The molecule has 0 saturated carbocycles. The highest BCUT2D eigenvalue weighted by atomic mass is 16.6. The van der Waals surface area contributed by atoms with Crippen molar-refractivity contribution in [2.24, 2.45) is 0 Å². The Morgan fingerprint density at radius 2 is 1.00 bits per heavy atom. The minimum atomic E-state index is 0.0350. The summed E-state index contributed by atoms with van der Waals surface area (Å²) in [5.41, 5.74) is 0. The number of benzene rings is 2. The van der Waals surface area contributed by atoms with Crippen LogP contribution in [0, 0.1) is 0 Å². The van der Waals surface area contributed by atoms with Crippen LogP contribution in [0.15, 0.2) is 42.5 Å². The summed E-state index contributed by atoms with van der Waals surface area (Å²) in [5.74, 6) is 0.849. The Bertz CT molecular complexity index is 650. The van der Waals surface area contributed by atoms with Gasteiger partial charge in [-0.3, -0.25) is 0 Å². The molecule has 0 aromatic heterocycles. The van der Waals surface area contributed by atoms with E-state index in [4.69, 9.17) is 33.5 Å². The molecule has 0 unspecified atom stereocenters. The zero-order valence-electron chi connectivity index (χ0n) is 16.9. The summed E-state index contributed by atoms with van der Waals surface area (Å²) >= 11 is 0. The van der Waals surface area contributed by atoms with Gasteiger partial charge in [0.2, 0.25) is 0 Å². The Labute approximate surface area is 172 Å². The third-order valence-electron chi connectivity index (χ3n) is 3.94. The van der Waals surface area contributed by atoms with Crippen LogP contribution < -0.4 is 4.74 Å². The third-order valence-corrected chi connectivity index (χ3v) is 3.94. The number of rotatable bonds is 18. The van der Waals surface area contributed by atoms with Gasteiger partial charge >= 0.3 is 0 Å². The normalized spacial score (nSPS) is 11.2. The number of aliphatic hydroxyl groups excluding tert-OH is 1. The summed E-state index contributed by atoms with van der Waals surface area (Å²) in [4.78, 5) is 0. The highest BCUT2D eigenvalue weighted by molar-refractivity contribution is 5.83.